The molecule has 1 aromatic heterocycles. The van der Waals surface area contributed by atoms with E-state index in [-0.39, 0.29) is 10.2 Å². The molecule has 1 saturated heterocycles. The fourth-order valence-corrected chi connectivity index (χ4v) is 2.87. The molecular formula is C10H15ClN4O2S. The van der Waals surface area contributed by atoms with Crippen LogP contribution in [0.2, 0.25) is 5.28 Å². The van der Waals surface area contributed by atoms with Gasteiger partial charge in [-0.2, -0.15) is 0 Å². The number of rotatable bonds is 5. The molecule has 1 fully saturated rings. The van der Waals surface area contributed by atoms with Crippen molar-refractivity contribution in [3.63, 3.8) is 0 Å². The highest BCUT2D eigenvalue weighted by Crippen LogP contribution is 2.08. The molecule has 2 rings (SSSR count). The number of hydrogen-bond donors (Lipinski definition) is 1. The second kappa shape index (κ2) is 5.92. The first-order valence-corrected chi connectivity index (χ1v) is 7.63. The van der Waals surface area contributed by atoms with Gasteiger partial charge < -0.3 is 4.90 Å². The van der Waals surface area contributed by atoms with Crippen LogP contribution in [0.3, 0.4) is 0 Å². The van der Waals surface area contributed by atoms with E-state index in [1.807, 2.05) is 0 Å². The third-order valence-corrected chi connectivity index (χ3v) is 4.44. The van der Waals surface area contributed by atoms with Crippen LogP contribution in [0.4, 0.5) is 0 Å². The summed E-state index contributed by atoms with van der Waals surface area (Å²) >= 11 is 5.51. The maximum Gasteiger partial charge on any atom is 0.243 e. The molecule has 18 heavy (non-hydrogen) atoms. The molecule has 0 aromatic carbocycles. The molecule has 1 N–H and O–H groups in total. The molecule has 0 unspecified atom stereocenters. The first kappa shape index (κ1) is 13.7. The maximum absolute atomic E-state index is 11.9. The summed E-state index contributed by atoms with van der Waals surface area (Å²) < 4.78 is 26.3. The molecular weight excluding hydrogens is 276 g/mol. The van der Waals surface area contributed by atoms with Gasteiger partial charge in [0.05, 0.1) is 12.4 Å². The Morgan fingerprint density at radius 3 is 2.50 bits per heavy atom. The minimum atomic E-state index is -3.53. The summed E-state index contributed by atoms with van der Waals surface area (Å²) in [7, 11) is -3.53. The van der Waals surface area contributed by atoms with Gasteiger partial charge >= 0.3 is 0 Å². The zero-order valence-corrected chi connectivity index (χ0v) is 11.4. The Bertz CT molecular complexity index is 485. The molecule has 1 aromatic rings. The van der Waals surface area contributed by atoms with Crippen molar-refractivity contribution in [1.29, 1.82) is 0 Å². The quantitative estimate of drug-likeness (QED) is 0.800. The van der Waals surface area contributed by atoms with E-state index in [2.05, 4.69) is 19.6 Å². The number of likely N-dealkylation sites (tertiary alicyclic amines) is 1. The van der Waals surface area contributed by atoms with Gasteiger partial charge in [-0.15, -0.1) is 0 Å². The predicted molar refractivity (Wildman–Crippen MR) is 67.9 cm³/mol. The van der Waals surface area contributed by atoms with Crippen molar-refractivity contribution in [2.45, 2.75) is 17.7 Å². The topological polar surface area (TPSA) is 75.2 Å². The Morgan fingerprint density at radius 1 is 1.28 bits per heavy atom. The van der Waals surface area contributed by atoms with Crippen molar-refractivity contribution in [1.82, 2.24) is 19.6 Å². The van der Waals surface area contributed by atoms with Crippen LogP contribution in [0.5, 0.6) is 0 Å². The molecule has 0 atom stereocenters. The zero-order chi connectivity index (χ0) is 13.0. The van der Waals surface area contributed by atoms with Gasteiger partial charge in [0.15, 0.2) is 0 Å². The third-order valence-electron chi connectivity index (χ3n) is 2.83. The van der Waals surface area contributed by atoms with Crippen LogP contribution < -0.4 is 4.72 Å². The number of hydrogen-bond acceptors (Lipinski definition) is 5. The Kier molecular flexibility index (Phi) is 4.50. The molecule has 1 aliphatic heterocycles. The van der Waals surface area contributed by atoms with Gasteiger partial charge in [-0.3, -0.25) is 0 Å². The Morgan fingerprint density at radius 2 is 1.89 bits per heavy atom. The van der Waals surface area contributed by atoms with E-state index in [1.54, 1.807) is 0 Å². The maximum atomic E-state index is 11.9. The second-order valence-electron chi connectivity index (χ2n) is 4.13. The smallest absolute Gasteiger partial charge is 0.243 e. The van der Waals surface area contributed by atoms with Crippen LogP contribution >= 0.6 is 11.6 Å². The van der Waals surface area contributed by atoms with Crippen molar-refractivity contribution in [2.75, 3.05) is 26.2 Å². The largest absolute Gasteiger partial charge is 0.302 e. The number of sulfonamides is 1. The van der Waals surface area contributed by atoms with Crippen molar-refractivity contribution in [3.8, 4) is 0 Å². The summed E-state index contributed by atoms with van der Waals surface area (Å²) in [6.45, 7) is 3.22. The molecule has 0 aliphatic carbocycles. The van der Waals surface area contributed by atoms with E-state index >= 15 is 0 Å². The third kappa shape index (κ3) is 3.61. The number of aromatic nitrogens is 2. The van der Waals surface area contributed by atoms with Crippen molar-refractivity contribution in [3.05, 3.63) is 17.7 Å². The summed E-state index contributed by atoms with van der Waals surface area (Å²) in [6, 6.07) is 0. The summed E-state index contributed by atoms with van der Waals surface area (Å²) in [5.74, 6) is 0. The van der Waals surface area contributed by atoms with Crippen LogP contribution in [0.1, 0.15) is 12.8 Å². The van der Waals surface area contributed by atoms with E-state index in [1.165, 1.54) is 25.2 Å². The van der Waals surface area contributed by atoms with Crippen LogP contribution in [-0.4, -0.2) is 49.5 Å². The normalized spacial score (nSPS) is 17.2. The lowest BCUT2D eigenvalue weighted by Crippen LogP contribution is -2.33. The highest BCUT2D eigenvalue weighted by atomic mass is 35.5. The predicted octanol–water partition coefficient (Wildman–Crippen LogP) is 0.504. The lowest BCUT2D eigenvalue weighted by atomic mass is 10.4. The van der Waals surface area contributed by atoms with E-state index in [4.69, 9.17) is 11.6 Å². The SMILES string of the molecule is O=S(=O)(NCCN1CCCC1)c1cnc(Cl)nc1. The van der Waals surface area contributed by atoms with Gasteiger partial charge in [0.25, 0.3) is 0 Å². The fraction of sp³-hybridized carbons (Fsp3) is 0.600. The van der Waals surface area contributed by atoms with Crippen LogP contribution in [0, 0.1) is 0 Å². The fourth-order valence-electron chi connectivity index (χ4n) is 1.87. The molecule has 6 nitrogen and oxygen atoms in total. The molecule has 100 valence electrons. The molecule has 1 aliphatic rings. The van der Waals surface area contributed by atoms with E-state index in [0.29, 0.717) is 6.54 Å². The summed E-state index contributed by atoms with van der Waals surface area (Å²) in [5.41, 5.74) is 0. The average Bonchev–Trinajstić information content (AvgIpc) is 2.82. The van der Waals surface area contributed by atoms with E-state index in [9.17, 15) is 8.42 Å². The standard InChI is InChI=1S/C10H15ClN4O2S/c11-10-12-7-9(8-13-10)18(16,17)14-3-6-15-4-1-2-5-15/h7-8,14H,1-6H2. The lowest BCUT2D eigenvalue weighted by molar-refractivity contribution is 0.344. The first-order valence-electron chi connectivity index (χ1n) is 5.77. The Labute approximate surface area is 111 Å². The van der Waals surface area contributed by atoms with Crippen molar-refractivity contribution >= 4 is 21.6 Å². The lowest BCUT2D eigenvalue weighted by Gasteiger charge is -2.14. The highest BCUT2D eigenvalue weighted by molar-refractivity contribution is 7.89. The highest BCUT2D eigenvalue weighted by Gasteiger charge is 2.16. The van der Waals surface area contributed by atoms with E-state index in [0.717, 1.165) is 19.6 Å². The molecule has 0 radical (unpaired) electrons. The van der Waals surface area contributed by atoms with Gasteiger partial charge in [-0.25, -0.2) is 23.1 Å². The van der Waals surface area contributed by atoms with Crippen LogP contribution in [-0.2, 0) is 10.0 Å². The second-order valence-corrected chi connectivity index (χ2v) is 6.24. The minimum Gasteiger partial charge on any atom is -0.302 e. The van der Waals surface area contributed by atoms with Gasteiger partial charge in [0, 0.05) is 13.1 Å². The van der Waals surface area contributed by atoms with E-state index < -0.39 is 10.0 Å². The molecule has 0 spiro atoms. The minimum absolute atomic E-state index is 0.0333. The molecule has 0 saturated carbocycles. The number of nitrogens with one attached hydrogen (secondary N) is 1. The molecule has 0 bridgehead atoms. The molecule has 0 amide bonds. The van der Waals surface area contributed by atoms with Crippen molar-refractivity contribution in [2.24, 2.45) is 0 Å². The monoisotopic (exact) mass is 290 g/mol. The number of nitrogens with zero attached hydrogens (tertiary/aromatic N) is 3. The van der Waals surface area contributed by atoms with Gasteiger partial charge in [0.1, 0.15) is 4.90 Å². The van der Waals surface area contributed by atoms with Gasteiger partial charge in [0.2, 0.25) is 15.3 Å². The summed E-state index contributed by atoms with van der Waals surface area (Å²) in [5, 5.41) is 0.0333. The van der Waals surface area contributed by atoms with Crippen LogP contribution in [0.15, 0.2) is 17.3 Å². The average molecular weight is 291 g/mol. The number of halogens is 1. The molecule has 2 heterocycles. The summed E-state index contributed by atoms with van der Waals surface area (Å²) in [4.78, 5) is 9.58. The summed E-state index contributed by atoms with van der Waals surface area (Å²) in [6.07, 6.45) is 4.79. The Balaban J connectivity index is 1.88. The van der Waals surface area contributed by atoms with Gasteiger partial charge in [-0.05, 0) is 37.5 Å². The zero-order valence-electron chi connectivity index (χ0n) is 9.84. The van der Waals surface area contributed by atoms with Gasteiger partial charge in [-0.1, -0.05) is 0 Å². The van der Waals surface area contributed by atoms with Crippen molar-refractivity contribution < 1.29 is 8.42 Å². The first-order chi connectivity index (χ1) is 8.58. The molecule has 8 heteroatoms. The van der Waals surface area contributed by atoms with Crippen LogP contribution in [0.25, 0.3) is 0 Å². The Hall–Kier alpha value is -0.760.